The number of hydrogen-bond acceptors (Lipinski definition) is 1. The maximum absolute atomic E-state index is 13.3. The number of hydrogen-bond donors (Lipinski definition) is 1. The van der Waals surface area contributed by atoms with E-state index in [2.05, 4.69) is 15.9 Å². The predicted molar refractivity (Wildman–Crippen MR) is 54.0 cm³/mol. The van der Waals surface area contributed by atoms with Gasteiger partial charge in [-0.05, 0) is 18.4 Å². The number of aliphatic hydroxyl groups excluding tert-OH is 1. The first-order valence-corrected chi connectivity index (χ1v) is 5.08. The van der Waals surface area contributed by atoms with Crippen LogP contribution in [-0.4, -0.2) is 11.7 Å². The standard InChI is InChI=1S/C10H11BrF2O/c1-6(5-14)2-8-9(11)3-7(12)4-10(8)13/h3-4,6,14H,2,5H2,1H3/t6-/m0/s1. The topological polar surface area (TPSA) is 20.2 Å². The second kappa shape index (κ2) is 4.84. The van der Waals surface area contributed by atoms with Crippen LogP contribution in [0.4, 0.5) is 8.78 Å². The summed E-state index contributed by atoms with van der Waals surface area (Å²) in [5.41, 5.74) is 0.410. The van der Waals surface area contributed by atoms with Crippen LogP contribution in [-0.2, 0) is 6.42 Å². The van der Waals surface area contributed by atoms with E-state index in [1.807, 2.05) is 0 Å². The van der Waals surface area contributed by atoms with E-state index < -0.39 is 11.6 Å². The molecule has 0 aliphatic heterocycles. The molecule has 1 rings (SSSR count). The third-order valence-electron chi connectivity index (χ3n) is 1.97. The second-order valence-corrected chi connectivity index (χ2v) is 4.19. The minimum Gasteiger partial charge on any atom is -0.396 e. The smallest absolute Gasteiger partial charge is 0.130 e. The van der Waals surface area contributed by atoms with Crippen LogP contribution in [0.2, 0.25) is 0 Å². The summed E-state index contributed by atoms with van der Waals surface area (Å²) in [6.07, 6.45) is 0.392. The zero-order valence-electron chi connectivity index (χ0n) is 7.73. The fraction of sp³-hybridized carbons (Fsp3) is 0.400. The zero-order chi connectivity index (χ0) is 10.7. The number of aliphatic hydroxyl groups is 1. The summed E-state index contributed by atoms with van der Waals surface area (Å²) in [6.45, 7) is 1.79. The van der Waals surface area contributed by atoms with Crippen molar-refractivity contribution < 1.29 is 13.9 Å². The SMILES string of the molecule is C[C@H](CO)Cc1c(F)cc(F)cc1Br. The number of halogens is 3. The Morgan fingerprint density at radius 3 is 2.57 bits per heavy atom. The molecule has 1 nitrogen and oxygen atoms in total. The van der Waals surface area contributed by atoms with Gasteiger partial charge < -0.3 is 5.11 Å². The Morgan fingerprint density at radius 1 is 1.43 bits per heavy atom. The molecule has 0 bridgehead atoms. The summed E-state index contributed by atoms with van der Waals surface area (Å²) < 4.78 is 26.4. The lowest BCUT2D eigenvalue weighted by molar-refractivity contribution is 0.236. The Kier molecular flexibility index (Phi) is 4.01. The van der Waals surface area contributed by atoms with E-state index >= 15 is 0 Å². The molecule has 0 aliphatic carbocycles. The first kappa shape index (κ1) is 11.6. The van der Waals surface area contributed by atoms with Crippen molar-refractivity contribution in [1.82, 2.24) is 0 Å². The van der Waals surface area contributed by atoms with Gasteiger partial charge in [0.1, 0.15) is 11.6 Å². The molecule has 0 fully saturated rings. The monoisotopic (exact) mass is 264 g/mol. The highest BCUT2D eigenvalue weighted by Crippen LogP contribution is 2.24. The molecular weight excluding hydrogens is 254 g/mol. The van der Waals surface area contributed by atoms with E-state index in [9.17, 15) is 8.78 Å². The summed E-state index contributed by atoms with van der Waals surface area (Å²) in [4.78, 5) is 0. The molecule has 0 heterocycles. The lowest BCUT2D eigenvalue weighted by Crippen LogP contribution is -2.07. The largest absolute Gasteiger partial charge is 0.396 e. The van der Waals surface area contributed by atoms with Crippen LogP contribution in [0.5, 0.6) is 0 Å². The van der Waals surface area contributed by atoms with Crippen LogP contribution in [0, 0.1) is 17.6 Å². The highest BCUT2D eigenvalue weighted by atomic mass is 79.9. The van der Waals surface area contributed by atoms with Gasteiger partial charge in [-0.2, -0.15) is 0 Å². The van der Waals surface area contributed by atoms with E-state index in [-0.39, 0.29) is 12.5 Å². The molecular formula is C10H11BrF2O. The molecule has 1 atom stereocenters. The van der Waals surface area contributed by atoms with E-state index in [1.54, 1.807) is 6.92 Å². The summed E-state index contributed by atoms with van der Waals surface area (Å²) in [7, 11) is 0. The maximum Gasteiger partial charge on any atom is 0.130 e. The molecule has 0 spiro atoms. The molecule has 1 N–H and O–H groups in total. The Morgan fingerprint density at radius 2 is 2.07 bits per heavy atom. The van der Waals surface area contributed by atoms with Gasteiger partial charge >= 0.3 is 0 Å². The molecule has 0 saturated carbocycles. The van der Waals surface area contributed by atoms with Crippen molar-refractivity contribution in [3.8, 4) is 0 Å². The first-order valence-electron chi connectivity index (χ1n) is 4.29. The molecule has 0 unspecified atom stereocenters. The Balaban J connectivity index is 2.96. The number of rotatable bonds is 3. The fourth-order valence-corrected chi connectivity index (χ4v) is 1.75. The van der Waals surface area contributed by atoms with E-state index in [4.69, 9.17) is 5.11 Å². The molecule has 0 radical (unpaired) electrons. The van der Waals surface area contributed by atoms with Crippen LogP contribution in [0.25, 0.3) is 0 Å². The van der Waals surface area contributed by atoms with Gasteiger partial charge in [-0.25, -0.2) is 8.78 Å². The molecule has 0 amide bonds. The van der Waals surface area contributed by atoms with Crippen molar-refractivity contribution in [2.24, 2.45) is 5.92 Å². The Hall–Kier alpha value is -0.480. The van der Waals surface area contributed by atoms with Crippen molar-refractivity contribution in [2.45, 2.75) is 13.3 Å². The lowest BCUT2D eigenvalue weighted by Gasteiger charge is -2.10. The van der Waals surface area contributed by atoms with E-state index in [0.717, 1.165) is 6.07 Å². The highest BCUT2D eigenvalue weighted by Gasteiger charge is 2.12. The van der Waals surface area contributed by atoms with Crippen molar-refractivity contribution in [1.29, 1.82) is 0 Å². The van der Waals surface area contributed by atoms with Crippen molar-refractivity contribution in [2.75, 3.05) is 6.61 Å². The summed E-state index contributed by atoms with van der Waals surface area (Å²) >= 11 is 3.09. The maximum atomic E-state index is 13.3. The van der Waals surface area contributed by atoms with Gasteiger partial charge in [0.15, 0.2) is 0 Å². The van der Waals surface area contributed by atoms with Crippen molar-refractivity contribution >= 4 is 15.9 Å². The summed E-state index contributed by atoms with van der Waals surface area (Å²) in [6, 6.07) is 2.08. The van der Waals surface area contributed by atoms with Gasteiger partial charge in [0.05, 0.1) is 0 Å². The fourth-order valence-electron chi connectivity index (χ4n) is 1.18. The Labute approximate surface area is 89.9 Å². The van der Waals surface area contributed by atoms with Gasteiger partial charge in [0.2, 0.25) is 0 Å². The molecule has 1 aromatic carbocycles. The van der Waals surface area contributed by atoms with Crippen LogP contribution in [0.1, 0.15) is 12.5 Å². The molecule has 0 saturated heterocycles. The van der Waals surface area contributed by atoms with E-state index in [1.165, 1.54) is 6.07 Å². The second-order valence-electron chi connectivity index (χ2n) is 3.34. The summed E-state index contributed by atoms with van der Waals surface area (Å²) in [5.74, 6) is -1.21. The Bertz CT molecular complexity index is 305. The van der Waals surface area contributed by atoms with Crippen molar-refractivity contribution in [3.63, 3.8) is 0 Å². The zero-order valence-corrected chi connectivity index (χ0v) is 9.31. The van der Waals surface area contributed by atoms with Crippen LogP contribution >= 0.6 is 15.9 Å². The average Bonchev–Trinajstić information content (AvgIpc) is 2.10. The first-order chi connectivity index (χ1) is 6.54. The molecule has 0 aliphatic rings. The van der Waals surface area contributed by atoms with Crippen molar-refractivity contribution in [3.05, 3.63) is 33.8 Å². The van der Waals surface area contributed by atoms with Gasteiger partial charge in [-0.3, -0.25) is 0 Å². The molecule has 1 aromatic rings. The molecule has 78 valence electrons. The van der Waals surface area contributed by atoms with Crippen LogP contribution in [0.3, 0.4) is 0 Å². The third-order valence-corrected chi connectivity index (χ3v) is 2.68. The number of benzene rings is 1. The molecule has 0 aromatic heterocycles. The van der Waals surface area contributed by atoms with Gasteiger partial charge in [-0.1, -0.05) is 22.9 Å². The highest BCUT2D eigenvalue weighted by molar-refractivity contribution is 9.10. The van der Waals surface area contributed by atoms with Gasteiger partial charge in [0, 0.05) is 22.7 Å². The van der Waals surface area contributed by atoms with Crippen LogP contribution < -0.4 is 0 Å². The van der Waals surface area contributed by atoms with Gasteiger partial charge in [-0.15, -0.1) is 0 Å². The summed E-state index contributed by atoms with van der Waals surface area (Å²) in [5, 5.41) is 8.82. The lowest BCUT2D eigenvalue weighted by atomic mass is 10.0. The van der Waals surface area contributed by atoms with Crippen LogP contribution in [0.15, 0.2) is 16.6 Å². The molecule has 4 heteroatoms. The average molecular weight is 265 g/mol. The van der Waals surface area contributed by atoms with Gasteiger partial charge in [0.25, 0.3) is 0 Å². The molecule has 14 heavy (non-hydrogen) atoms. The third kappa shape index (κ3) is 2.75. The minimum atomic E-state index is -0.602. The quantitative estimate of drug-likeness (QED) is 0.890. The predicted octanol–water partition coefficient (Wildman–Crippen LogP) is 2.90. The van der Waals surface area contributed by atoms with E-state index in [0.29, 0.717) is 16.5 Å². The normalized spacial score (nSPS) is 12.9. The minimum absolute atomic E-state index is 0.0107.